The van der Waals surface area contributed by atoms with E-state index in [4.69, 9.17) is 16.1 Å². The summed E-state index contributed by atoms with van der Waals surface area (Å²) in [6.45, 7) is 6.85. The fourth-order valence-electron chi connectivity index (χ4n) is 1.33. The van der Waals surface area contributed by atoms with Crippen LogP contribution in [0.1, 0.15) is 5.56 Å². The van der Waals surface area contributed by atoms with Gasteiger partial charge < -0.3 is 9.52 Å². The molecule has 1 heterocycles. The van der Waals surface area contributed by atoms with Crippen LogP contribution in [0, 0.1) is 6.57 Å². The number of hydrogen-bond acceptors (Lipinski definition) is 2. The molecule has 3 heteroatoms. The molecule has 0 spiro atoms. The van der Waals surface area contributed by atoms with Crippen LogP contribution in [0.25, 0.3) is 15.8 Å². The molecule has 0 amide bonds. The van der Waals surface area contributed by atoms with E-state index in [0.717, 1.165) is 5.39 Å². The van der Waals surface area contributed by atoms with Crippen molar-refractivity contribution in [3.05, 3.63) is 41.4 Å². The highest BCUT2D eigenvalue weighted by atomic mass is 16.3. The highest BCUT2D eigenvalue weighted by molar-refractivity contribution is 5.92. The van der Waals surface area contributed by atoms with Crippen LogP contribution in [-0.2, 0) is 6.61 Å². The molecule has 1 aromatic carbocycles. The molecule has 64 valence electrons. The largest absolute Gasteiger partial charge is 0.465 e. The first-order chi connectivity index (χ1) is 6.36. The lowest BCUT2D eigenvalue weighted by atomic mass is 10.1. The normalized spacial score (nSPS) is 10.2. The maximum absolute atomic E-state index is 8.98. The van der Waals surface area contributed by atoms with Gasteiger partial charge >= 0.3 is 0 Å². The fourth-order valence-corrected chi connectivity index (χ4v) is 1.33. The van der Waals surface area contributed by atoms with Crippen LogP contribution < -0.4 is 0 Å². The van der Waals surface area contributed by atoms with Gasteiger partial charge in [-0.15, -0.1) is 0 Å². The highest BCUT2D eigenvalue weighted by Gasteiger charge is 2.07. The molecule has 0 atom stereocenters. The van der Waals surface area contributed by atoms with Gasteiger partial charge in [-0.1, -0.05) is 12.1 Å². The van der Waals surface area contributed by atoms with Crippen LogP contribution in [0.4, 0.5) is 5.69 Å². The molecule has 0 saturated carbocycles. The third-order valence-electron chi connectivity index (χ3n) is 1.97. The van der Waals surface area contributed by atoms with Crippen molar-refractivity contribution in [2.45, 2.75) is 6.61 Å². The van der Waals surface area contributed by atoms with Crippen LogP contribution in [-0.4, -0.2) is 5.11 Å². The quantitative estimate of drug-likeness (QED) is 0.672. The van der Waals surface area contributed by atoms with Crippen molar-refractivity contribution >= 4 is 16.7 Å². The first-order valence-electron chi connectivity index (χ1n) is 3.84. The van der Waals surface area contributed by atoms with Crippen LogP contribution in [0.3, 0.4) is 0 Å². The van der Waals surface area contributed by atoms with E-state index in [0.29, 0.717) is 16.8 Å². The van der Waals surface area contributed by atoms with E-state index in [1.807, 2.05) is 0 Å². The number of furan rings is 1. The molecule has 0 radical (unpaired) electrons. The third-order valence-corrected chi connectivity index (χ3v) is 1.97. The Morgan fingerprint density at radius 2 is 2.23 bits per heavy atom. The number of aliphatic hydroxyl groups excluding tert-OH is 1. The lowest BCUT2D eigenvalue weighted by molar-refractivity contribution is 0.281. The number of aliphatic hydroxyl groups is 1. The first kappa shape index (κ1) is 7.84. The van der Waals surface area contributed by atoms with Gasteiger partial charge in [-0.25, -0.2) is 4.85 Å². The van der Waals surface area contributed by atoms with Gasteiger partial charge in [-0.2, -0.15) is 0 Å². The van der Waals surface area contributed by atoms with E-state index in [1.165, 1.54) is 6.26 Å². The van der Waals surface area contributed by atoms with Gasteiger partial charge in [0.1, 0.15) is 5.58 Å². The number of fused-ring (bicyclic) bond motifs is 1. The Kier molecular flexibility index (Phi) is 1.76. The Bertz CT molecular complexity index is 479. The SMILES string of the molecule is [C-]#[N+]c1ccc(CO)c2occc12. The molecule has 0 aliphatic rings. The number of rotatable bonds is 1. The lowest BCUT2D eigenvalue weighted by Gasteiger charge is -1.98. The summed E-state index contributed by atoms with van der Waals surface area (Å²) < 4.78 is 5.18. The fraction of sp³-hybridized carbons (Fsp3) is 0.100. The summed E-state index contributed by atoms with van der Waals surface area (Å²) >= 11 is 0. The third kappa shape index (κ3) is 1.08. The van der Waals surface area contributed by atoms with E-state index in [1.54, 1.807) is 18.2 Å². The molecule has 0 fully saturated rings. The van der Waals surface area contributed by atoms with Gasteiger partial charge in [0.2, 0.25) is 0 Å². The number of hydrogen-bond donors (Lipinski definition) is 1. The van der Waals surface area contributed by atoms with E-state index >= 15 is 0 Å². The summed E-state index contributed by atoms with van der Waals surface area (Å²) in [6, 6.07) is 5.14. The molecule has 0 aliphatic carbocycles. The van der Waals surface area contributed by atoms with Crippen molar-refractivity contribution in [1.29, 1.82) is 0 Å². The van der Waals surface area contributed by atoms with E-state index < -0.39 is 0 Å². The van der Waals surface area contributed by atoms with Gasteiger partial charge in [0, 0.05) is 10.9 Å². The van der Waals surface area contributed by atoms with Crippen LogP contribution in [0.5, 0.6) is 0 Å². The minimum absolute atomic E-state index is 0.0672. The zero-order valence-electron chi connectivity index (χ0n) is 6.82. The highest BCUT2D eigenvalue weighted by Crippen LogP contribution is 2.29. The minimum atomic E-state index is -0.0672. The zero-order valence-corrected chi connectivity index (χ0v) is 6.82. The summed E-state index contributed by atoms with van der Waals surface area (Å²) in [5.41, 5.74) is 1.88. The monoisotopic (exact) mass is 173 g/mol. The molecular weight excluding hydrogens is 166 g/mol. The molecule has 0 aliphatic heterocycles. The van der Waals surface area contributed by atoms with Crippen LogP contribution in [0.2, 0.25) is 0 Å². The molecule has 0 saturated heterocycles. The van der Waals surface area contributed by atoms with Crippen molar-refractivity contribution in [3.63, 3.8) is 0 Å². The Hall–Kier alpha value is -1.79. The molecule has 2 rings (SSSR count). The Labute approximate surface area is 75.0 Å². The zero-order chi connectivity index (χ0) is 9.26. The summed E-state index contributed by atoms with van der Waals surface area (Å²) in [5, 5.41) is 9.75. The second kappa shape index (κ2) is 2.92. The first-order valence-corrected chi connectivity index (χ1v) is 3.84. The van der Waals surface area contributed by atoms with E-state index in [-0.39, 0.29) is 6.61 Å². The maximum atomic E-state index is 8.98. The minimum Gasteiger partial charge on any atom is -0.465 e. The molecule has 1 aromatic heterocycles. The van der Waals surface area contributed by atoms with Gasteiger partial charge in [0.25, 0.3) is 0 Å². The molecule has 1 N–H and O–H groups in total. The molecular formula is C10H7NO2. The Morgan fingerprint density at radius 3 is 2.92 bits per heavy atom. The molecule has 13 heavy (non-hydrogen) atoms. The second-order valence-corrected chi connectivity index (χ2v) is 2.68. The summed E-state index contributed by atoms with van der Waals surface area (Å²) in [6.07, 6.45) is 1.53. The van der Waals surface area contributed by atoms with Crippen molar-refractivity contribution in [2.24, 2.45) is 0 Å². The van der Waals surface area contributed by atoms with E-state index in [2.05, 4.69) is 4.85 Å². The van der Waals surface area contributed by atoms with E-state index in [9.17, 15) is 0 Å². The second-order valence-electron chi connectivity index (χ2n) is 2.68. The maximum Gasteiger partial charge on any atom is 0.198 e. The summed E-state index contributed by atoms with van der Waals surface area (Å²) in [5.74, 6) is 0. The standard InChI is InChI=1S/C10H7NO2/c1-11-9-3-2-7(6-12)10-8(9)4-5-13-10/h2-5,12H,6H2. The smallest absolute Gasteiger partial charge is 0.198 e. The van der Waals surface area contributed by atoms with Crippen LogP contribution >= 0.6 is 0 Å². The van der Waals surface area contributed by atoms with Crippen molar-refractivity contribution in [1.82, 2.24) is 0 Å². The van der Waals surface area contributed by atoms with Gasteiger partial charge in [-0.3, -0.25) is 0 Å². The Morgan fingerprint density at radius 1 is 1.38 bits per heavy atom. The predicted octanol–water partition coefficient (Wildman–Crippen LogP) is 2.48. The number of benzene rings is 1. The topological polar surface area (TPSA) is 37.7 Å². The summed E-state index contributed by atoms with van der Waals surface area (Å²) in [4.78, 5) is 3.35. The molecule has 0 bridgehead atoms. The number of nitrogens with zero attached hydrogens (tertiary/aromatic N) is 1. The van der Waals surface area contributed by atoms with Crippen molar-refractivity contribution in [3.8, 4) is 0 Å². The van der Waals surface area contributed by atoms with Crippen molar-refractivity contribution in [2.75, 3.05) is 0 Å². The summed E-state index contributed by atoms with van der Waals surface area (Å²) in [7, 11) is 0. The van der Waals surface area contributed by atoms with Gasteiger partial charge in [-0.05, 0) is 6.07 Å². The molecule has 3 nitrogen and oxygen atoms in total. The van der Waals surface area contributed by atoms with Gasteiger partial charge in [0.15, 0.2) is 5.69 Å². The average Bonchev–Trinajstić information content (AvgIpc) is 2.64. The van der Waals surface area contributed by atoms with Crippen LogP contribution in [0.15, 0.2) is 28.9 Å². The molecule has 0 unspecified atom stereocenters. The lowest BCUT2D eigenvalue weighted by Crippen LogP contribution is -1.82. The average molecular weight is 173 g/mol. The van der Waals surface area contributed by atoms with Crippen molar-refractivity contribution < 1.29 is 9.52 Å². The predicted molar refractivity (Wildman–Crippen MR) is 48.4 cm³/mol. The van der Waals surface area contributed by atoms with Gasteiger partial charge in [0.05, 0.1) is 19.4 Å². The Balaban J connectivity index is 2.83. The molecule has 2 aromatic rings.